The number of para-hydroxylation sites is 2. The second-order valence-electron chi connectivity index (χ2n) is 10.1. The summed E-state index contributed by atoms with van der Waals surface area (Å²) in [4.78, 5) is 5.07. The number of allylic oxidation sites excluding steroid dienone is 2. The molecule has 0 radical (unpaired) electrons. The summed E-state index contributed by atoms with van der Waals surface area (Å²) in [6.07, 6.45) is 1.83. The van der Waals surface area contributed by atoms with Gasteiger partial charge in [0.1, 0.15) is 11.6 Å². The quantitative estimate of drug-likeness (QED) is 0.203. The first-order valence-corrected chi connectivity index (χ1v) is 12.2. The molecule has 5 nitrogen and oxygen atoms in total. The van der Waals surface area contributed by atoms with E-state index in [1.807, 2.05) is 89.2 Å². The van der Waals surface area contributed by atoms with Crippen LogP contribution < -0.4 is 5.46 Å². The summed E-state index contributed by atoms with van der Waals surface area (Å²) >= 11 is 0. The van der Waals surface area contributed by atoms with E-state index in [4.69, 9.17) is 14.3 Å². The standard InChI is InChI=1S/C30H31BN2O3/c1-7-22(20(2)34)28-32-27-24(31-35-29(3,4)30(5,6)36-31)17-13-19-26(27)33(28)25-18-12-11-16-23(25)21-14-9-8-10-15-21/h7-19,34H,2H2,1,3-6H3/b22-7+. The monoisotopic (exact) mass is 478 g/mol. The summed E-state index contributed by atoms with van der Waals surface area (Å²) in [5.74, 6) is 0.566. The molecule has 0 atom stereocenters. The molecular formula is C30H31BN2O3. The molecule has 1 aliphatic heterocycles. The van der Waals surface area contributed by atoms with Gasteiger partial charge in [-0.25, -0.2) is 4.98 Å². The molecule has 0 aliphatic carbocycles. The van der Waals surface area contributed by atoms with E-state index in [9.17, 15) is 5.11 Å². The van der Waals surface area contributed by atoms with Crippen molar-refractivity contribution in [3.05, 3.63) is 97.0 Å². The minimum atomic E-state index is -0.564. The van der Waals surface area contributed by atoms with Crippen LogP contribution in [0.15, 0.2) is 91.2 Å². The first kappa shape index (κ1) is 24.1. The molecule has 0 bridgehead atoms. The molecule has 1 aromatic heterocycles. The average molecular weight is 478 g/mol. The van der Waals surface area contributed by atoms with E-state index in [0.29, 0.717) is 11.4 Å². The Hall–Kier alpha value is -3.61. The summed E-state index contributed by atoms with van der Waals surface area (Å²) in [7, 11) is -0.564. The lowest BCUT2D eigenvalue weighted by atomic mass is 9.78. The smallest absolute Gasteiger partial charge is 0.497 e. The van der Waals surface area contributed by atoms with Gasteiger partial charge in [0.05, 0.1) is 33.5 Å². The van der Waals surface area contributed by atoms with E-state index in [-0.39, 0.29) is 5.76 Å². The van der Waals surface area contributed by atoms with Crippen molar-refractivity contribution < 1.29 is 14.4 Å². The predicted octanol–water partition coefficient (Wildman–Crippen LogP) is 6.47. The zero-order valence-corrected chi connectivity index (χ0v) is 21.4. The molecule has 5 rings (SSSR count). The van der Waals surface area contributed by atoms with E-state index in [2.05, 4.69) is 35.4 Å². The van der Waals surface area contributed by atoms with E-state index in [1.54, 1.807) is 0 Å². The summed E-state index contributed by atoms with van der Waals surface area (Å²) < 4.78 is 14.9. The number of imidazole rings is 1. The molecule has 182 valence electrons. The SMILES string of the molecule is C=C(O)/C(=C\C)c1nc2c(B3OC(C)(C)C(C)(C)O3)cccc2n1-c1ccccc1-c1ccccc1. The minimum Gasteiger partial charge on any atom is -0.508 e. The van der Waals surface area contributed by atoms with Gasteiger partial charge in [-0.2, -0.15) is 0 Å². The molecule has 4 aromatic rings. The normalized spacial score (nSPS) is 17.0. The van der Waals surface area contributed by atoms with Gasteiger partial charge < -0.3 is 14.4 Å². The summed E-state index contributed by atoms with van der Waals surface area (Å²) in [6, 6.07) is 24.5. The Morgan fingerprint density at radius 2 is 1.56 bits per heavy atom. The molecule has 0 unspecified atom stereocenters. The van der Waals surface area contributed by atoms with Crippen molar-refractivity contribution in [1.82, 2.24) is 9.55 Å². The number of nitrogens with zero attached hydrogens (tertiary/aromatic N) is 2. The Kier molecular flexibility index (Phi) is 5.90. The number of rotatable bonds is 5. The van der Waals surface area contributed by atoms with Gasteiger partial charge in [0.15, 0.2) is 0 Å². The molecule has 0 spiro atoms. The number of hydrogen-bond donors (Lipinski definition) is 1. The summed E-state index contributed by atoms with van der Waals surface area (Å²) in [5.41, 5.74) is 5.21. The number of aromatic nitrogens is 2. The molecule has 1 fully saturated rings. The Labute approximate surface area is 212 Å². The fourth-order valence-corrected chi connectivity index (χ4v) is 4.66. The lowest BCUT2D eigenvalue weighted by molar-refractivity contribution is 0.00578. The van der Waals surface area contributed by atoms with Gasteiger partial charge in [0.25, 0.3) is 0 Å². The van der Waals surface area contributed by atoms with Crippen LogP contribution in [0.25, 0.3) is 33.4 Å². The number of hydrogen-bond acceptors (Lipinski definition) is 4. The van der Waals surface area contributed by atoms with E-state index in [1.165, 1.54) is 0 Å². The lowest BCUT2D eigenvalue weighted by Crippen LogP contribution is -2.41. The maximum atomic E-state index is 10.5. The molecule has 6 heteroatoms. The van der Waals surface area contributed by atoms with Gasteiger partial charge >= 0.3 is 7.12 Å². The average Bonchev–Trinajstić information content (AvgIpc) is 3.33. The number of fused-ring (bicyclic) bond motifs is 1. The Morgan fingerprint density at radius 3 is 2.19 bits per heavy atom. The highest BCUT2D eigenvalue weighted by Crippen LogP contribution is 2.38. The molecule has 0 saturated carbocycles. The Morgan fingerprint density at radius 1 is 0.917 bits per heavy atom. The fourth-order valence-electron chi connectivity index (χ4n) is 4.66. The van der Waals surface area contributed by atoms with Crippen molar-refractivity contribution in [2.24, 2.45) is 0 Å². The van der Waals surface area contributed by atoms with Crippen LogP contribution in [0.5, 0.6) is 0 Å². The van der Waals surface area contributed by atoms with Gasteiger partial charge in [-0.15, -0.1) is 0 Å². The number of aliphatic hydroxyl groups is 1. The molecule has 2 heterocycles. The van der Waals surface area contributed by atoms with E-state index < -0.39 is 18.3 Å². The van der Waals surface area contributed by atoms with Crippen LogP contribution in [0.4, 0.5) is 0 Å². The zero-order chi connectivity index (χ0) is 25.7. The van der Waals surface area contributed by atoms with Crippen molar-refractivity contribution in [3.63, 3.8) is 0 Å². The van der Waals surface area contributed by atoms with Crippen LogP contribution in [0, 0.1) is 0 Å². The number of aliphatic hydroxyl groups excluding tert-OH is 1. The second-order valence-corrected chi connectivity index (χ2v) is 10.1. The molecule has 36 heavy (non-hydrogen) atoms. The lowest BCUT2D eigenvalue weighted by Gasteiger charge is -2.32. The van der Waals surface area contributed by atoms with Crippen molar-refractivity contribution in [1.29, 1.82) is 0 Å². The summed E-state index contributed by atoms with van der Waals surface area (Å²) in [5, 5.41) is 10.5. The topological polar surface area (TPSA) is 56.5 Å². The van der Waals surface area contributed by atoms with Crippen molar-refractivity contribution in [2.45, 2.75) is 45.8 Å². The first-order chi connectivity index (χ1) is 17.1. The molecular weight excluding hydrogens is 447 g/mol. The molecule has 1 saturated heterocycles. The van der Waals surface area contributed by atoms with Crippen molar-refractivity contribution in [3.8, 4) is 16.8 Å². The van der Waals surface area contributed by atoms with Crippen LogP contribution in [-0.2, 0) is 9.31 Å². The van der Waals surface area contributed by atoms with Crippen molar-refractivity contribution in [2.75, 3.05) is 0 Å². The third-order valence-electron chi connectivity index (χ3n) is 7.29. The van der Waals surface area contributed by atoms with E-state index >= 15 is 0 Å². The van der Waals surface area contributed by atoms with Gasteiger partial charge in [-0.05, 0) is 52.3 Å². The number of benzene rings is 3. The third-order valence-corrected chi connectivity index (χ3v) is 7.29. The molecule has 0 amide bonds. The highest BCUT2D eigenvalue weighted by molar-refractivity contribution is 6.65. The van der Waals surface area contributed by atoms with Gasteiger partial charge in [-0.3, -0.25) is 4.57 Å². The van der Waals surface area contributed by atoms with Crippen LogP contribution >= 0.6 is 0 Å². The summed E-state index contributed by atoms with van der Waals surface area (Å²) in [6.45, 7) is 13.9. The van der Waals surface area contributed by atoms with Crippen molar-refractivity contribution >= 4 is 29.2 Å². The van der Waals surface area contributed by atoms with E-state index in [0.717, 1.165) is 33.3 Å². The maximum absolute atomic E-state index is 10.5. The van der Waals surface area contributed by atoms with Crippen LogP contribution in [-0.4, -0.2) is 33.0 Å². The van der Waals surface area contributed by atoms with Gasteiger partial charge in [-0.1, -0.05) is 73.3 Å². The van der Waals surface area contributed by atoms with Gasteiger partial charge in [0, 0.05) is 11.0 Å². The Bertz CT molecular complexity index is 1470. The first-order valence-electron chi connectivity index (χ1n) is 12.2. The van der Waals surface area contributed by atoms with Gasteiger partial charge in [0.2, 0.25) is 0 Å². The van der Waals surface area contributed by atoms with Crippen LogP contribution in [0.2, 0.25) is 0 Å². The fraction of sp³-hybridized carbons (Fsp3) is 0.233. The zero-order valence-electron chi connectivity index (χ0n) is 21.4. The predicted molar refractivity (Wildman–Crippen MR) is 148 cm³/mol. The highest BCUT2D eigenvalue weighted by atomic mass is 16.7. The largest absolute Gasteiger partial charge is 0.508 e. The van der Waals surface area contributed by atoms with Crippen LogP contribution in [0.3, 0.4) is 0 Å². The minimum absolute atomic E-state index is 0.0385. The highest BCUT2D eigenvalue weighted by Gasteiger charge is 2.52. The molecule has 3 aromatic carbocycles. The molecule has 1 aliphatic rings. The maximum Gasteiger partial charge on any atom is 0.497 e. The molecule has 1 N–H and O–H groups in total. The Balaban J connectivity index is 1.80. The second kappa shape index (κ2) is 8.80. The van der Waals surface area contributed by atoms with Crippen LogP contribution in [0.1, 0.15) is 40.4 Å². The third kappa shape index (κ3) is 3.87.